The standard InChI is InChI=1S/C15H13NS.C2H6/c1-11-3-5-12(6-4-11)13-7-8-14(10-16)15(9-13)17-2;1-2/h3-9H,1-2H3;1-2H3. The van der Waals surface area contributed by atoms with Crippen LogP contribution >= 0.6 is 11.8 Å². The van der Waals surface area contributed by atoms with Gasteiger partial charge in [-0.3, -0.25) is 0 Å². The Labute approximate surface area is 120 Å². The van der Waals surface area contributed by atoms with E-state index < -0.39 is 0 Å². The topological polar surface area (TPSA) is 23.8 Å². The molecule has 0 aliphatic rings. The van der Waals surface area contributed by atoms with Crippen LogP contribution in [-0.2, 0) is 0 Å². The minimum atomic E-state index is 0.744. The summed E-state index contributed by atoms with van der Waals surface area (Å²) in [6.07, 6.45) is 2.00. The lowest BCUT2D eigenvalue weighted by molar-refractivity contribution is 1.37. The van der Waals surface area contributed by atoms with Gasteiger partial charge in [0, 0.05) is 4.90 Å². The van der Waals surface area contributed by atoms with Crippen molar-refractivity contribution in [2.75, 3.05) is 6.26 Å². The first-order chi connectivity index (χ1) is 9.24. The molecule has 2 aromatic carbocycles. The zero-order valence-corrected chi connectivity index (χ0v) is 12.7. The second kappa shape index (κ2) is 7.66. The van der Waals surface area contributed by atoms with Gasteiger partial charge in [-0.1, -0.05) is 49.7 Å². The summed E-state index contributed by atoms with van der Waals surface area (Å²) in [5.74, 6) is 0. The first kappa shape index (κ1) is 15.3. The molecule has 2 aromatic rings. The Morgan fingerprint density at radius 1 is 0.947 bits per heavy atom. The van der Waals surface area contributed by atoms with E-state index >= 15 is 0 Å². The Morgan fingerprint density at radius 3 is 2.05 bits per heavy atom. The maximum absolute atomic E-state index is 8.98. The number of hydrogen-bond acceptors (Lipinski definition) is 2. The van der Waals surface area contributed by atoms with Gasteiger partial charge >= 0.3 is 0 Å². The molecule has 0 amide bonds. The lowest BCUT2D eigenvalue weighted by atomic mass is 10.0. The fraction of sp³-hybridized carbons (Fsp3) is 0.235. The van der Waals surface area contributed by atoms with Crippen LogP contribution in [0.4, 0.5) is 0 Å². The second-order valence-electron chi connectivity index (χ2n) is 3.89. The fourth-order valence-corrected chi connectivity index (χ4v) is 2.29. The van der Waals surface area contributed by atoms with Crippen LogP contribution in [0.15, 0.2) is 47.4 Å². The van der Waals surface area contributed by atoms with Crippen molar-refractivity contribution in [1.29, 1.82) is 5.26 Å². The van der Waals surface area contributed by atoms with E-state index in [-0.39, 0.29) is 0 Å². The smallest absolute Gasteiger partial charge is 0.100 e. The summed E-state index contributed by atoms with van der Waals surface area (Å²) in [6, 6.07) is 16.6. The van der Waals surface area contributed by atoms with Crippen molar-refractivity contribution in [1.82, 2.24) is 0 Å². The molecule has 0 aromatic heterocycles. The van der Waals surface area contributed by atoms with Gasteiger partial charge in [-0.05, 0) is 36.4 Å². The second-order valence-corrected chi connectivity index (χ2v) is 4.74. The molecule has 0 spiro atoms. The molecule has 0 bridgehead atoms. The number of nitrogens with zero attached hydrogens (tertiary/aromatic N) is 1. The number of aryl methyl sites for hydroxylation is 1. The van der Waals surface area contributed by atoms with E-state index in [9.17, 15) is 0 Å². The summed E-state index contributed by atoms with van der Waals surface area (Å²) in [4.78, 5) is 1.03. The molecule has 2 rings (SSSR count). The van der Waals surface area contributed by atoms with E-state index in [0.29, 0.717) is 0 Å². The molecule has 0 aliphatic heterocycles. The summed E-state index contributed by atoms with van der Waals surface area (Å²) in [5.41, 5.74) is 4.35. The molecule has 2 heteroatoms. The molecule has 0 fully saturated rings. The minimum Gasteiger partial charge on any atom is -0.192 e. The molecular weight excluding hydrogens is 250 g/mol. The van der Waals surface area contributed by atoms with Crippen LogP contribution < -0.4 is 0 Å². The van der Waals surface area contributed by atoms with Gasteiger partial charge in [0.15, 0.2) is 0 Å². The quantitative estimate of drug-likeness (QED) is 0.692. The van der Waals surface area contributed by atoms with Crippen molar-refractivity contribution in [3.63, 3.8) is 0 Å². The Morgan fingerprint density at radius 2 is 1.53 bits per heavy atom. The number of benzene rings is 2. The normalized spacial score (nSPS) is 9.21. The van der Waals surface area contributed by atoms with Crippen molar-refractivity contribution in [2.45, 2.75) is 25.7 Å². The van der Waals surface area contributed by atoms with Crippen LogP contribution in [0.2, 0.25) is 0 Å². The highest BCUT2D eigenvalue weighted by molar-refractivity contribution is 7.98. The lowest BCUT2D eigenvalue weighted by Gasteiger charge is -2.06. The Bertz CT molecular complexity index is 565. The van der Waals surface area contributed by atoms with Crippen molar-refractivity contribution in [2.24, 2.45) is 0 Å². The molecule has 0 unspecified atom stereocenters. The third-order valence-electron chi connectivity index (χ3n) is 2.71. The maximum Gasteiger partial charge on any atom is 0.100 e. The summed E-state index contributed by atoms with van der Waals surface area (Å²) < 4.78 is 0. The molecule has 98 valence electrons. The molecule has 0 saturated heterocycles. The predicted molar refractivity (Wildman–Crippen MR) is 84.5 cm³/mol. The molecule has 0 N–H and O–H groups in total. The average molecular weight is 269 g/mol. The van der Waals surface area contributed by atoms with E-state index in [1.807, 2.05) is 32.2 Å². The molecule has 0 aliphatic carbocycles. The van der Waals surface area contributed by atoms with Gasteiger partial charge in [0.1, 0.15) is 6.07 Å². The summed E-state index contributed by atoms with van der Waals surface area (Å²) in [6.45, 7) is 6.08. The molecule has 1 nitrogen and oxygen atoms in total. The average Bonchev–Trinajstić information content (AvgIpc) is 2.49. The highest BCUT2D eigenvalue weighted by Gasteiger charge is 2.04. The SMILES string of the molecule is CC.CSc1cc(-c2ccc(C)cc2)ccc1C#N. The van der Waals surface area contributed by atoms with Crippen molar-refractivity contribution in [3.05, 3.63) is 53.6 Å². The minimum absolute atomic E-state index is 0.744. The van der Waals surface area contributed by atoms with Gasteiger partial charge < -0.3 is 0 Å². The van der Waals surface area contributed by atoms with Crippen LogP contribution in [0.25, 0.3) is 11.1 Å². The van der Waals surface area contributed by atoms with Gasteiger partial charge in [0.25, 0.3) is 0 Å². The predicted octanol–water partition coefficient (Wildman–Crippen LogP) is 5.28. The van der Waals surface area contributed by atoms with E-state index in [0.717, 1.165) is 16.0 Å². The van der Waals surface area contributed by atoms with Crippen molar-refractivity contribution >= 4 is 11.8 Å². The monoisotopic (exact) mass is 269 g/mol. The molecule has 19 heavy (non-hydrogen) atoms. The number of thioether (sulfide) groups is 1. The summed E-state index contributed by atoms with van der Waals surface area (Å²) >= 11 is 1.61. The molecule has 0 radical (unpaired) electrons. The van der Waals surface area contributed by atoms with Crippen LogP contribution in [0, 0.1) is 18.3 Å². The highest BCUT2D eigenvalue weighted by Crippen LogP contribution is 2.27. The molecule has 0 saturated carbocycles. The van der Waals surface area contributed by atoms with Gasteiger partial charge in [-0.25, -0.2) is 0 Å². The van der Waals surface area contributed by atoms with Crippen molar-refractivity contribution in [3.8, 4) is 17.2 Å². The van der Waals surface area contributed by atoms with Crippen LogP contribution in [0.5, 0.6) is 0 Å². The zero-order valence-electron chi connectivity index (χ0n) is 11.9. The summed E-state index contributed by atoms with van der Waals surface area (Å²) in [7, 11) is 0. The first-order valence-corrected chi connectivity index (χ1v) is 7.62. The number of nitriles is 1. The van der Waals surface area contributed by atoms with E-state index in [4.69, 9.17) is 5.26 Å². The van der Waals surface area contributed by atoms with E-state index in [1.165, 1.54) is 11.1 Å². The third-order valence-corrected chi connectivity index (χ3v) is 3.48. The number of hydrogen-bond donors (Lipinski definition) is 0. The van der Waals surface area contributed by atoms with Gasteiger partial charge in [-0.15, -0.1) is 11.8 Å². The largest absolute Gasteiger partial charge is 0.192 e. The zero-order chi connectivity index (χ0) is 14.3. The lowest BCUT2D eigenvalue weighted by Crippen LogP contribution is -1.84. The Kier molecular flexibility index (Phi) is 6.18. The van der Waals surface area contributed by atoms with Crippen LogP contribution in [0.1, 0.15) is 25.0 Å². The third kappa shape index (κ3) is 3.87. The van der Waals surface area contributed by atoms with Gasteiger partial charge in [0.2, 0.25) is 0 Å². The molecular formula is C17H19NS. The first-order valence-electron chi connectivity index (χ1n) is 6.40. The number of rotatable bonds is 2. The van der Waals surface area contributed by atoms with Crippen LogP contribution in [-0.4, -0.2) is 6.26 Å². The summed E-state index contributed by atoms with van der Waals surface area (Å²) in [5, 5.41) is 8.98. The Balaban J connectivity index is 0.000000861. The van der Waals surface area contributed by atoms with E-state index in [1.54, 1.807) is 11.8 Å². The van der Waals surface area contributed by atoms with E-state index in [2.05, 4.69) is 43.3 Å². The van der Waals surface area contributed by atoms with Gasteiger partial charge in [-0.2, -0.15) is 5.26 Å². The van der Waals surface area contributed by atoms with Gasteiger partial charge in [0.05, 0.1) is 5.56 Å². The molecule has 0 atom stereocenters. The Hall–Kier alpha value is -1.72. The van der Waals surface area contributed by atoms with Crippen LogP contribution in [0.3, 0.4) is 0 Å². The maximum atomic E-state index is 8.98. The van der Waals surface area contributed by atoms with Crippen molar-refractivity contribution < 1.29 is 0 Å². The molecule has 0 heterocycles. The fourth-order valence-electron chi connectivity index (χ4n) is 1.71. The highest BCUT2D eigenvalue weighted by atomic mass is 32.2.